The van der Waals surface area contributed by atoms with E-state index in [1.165, 1.54) is 22.9 Å². The third-order valence-electron chi connectivity index (χ3n) is 4.84. The standard InChI is InChI=1S/C21H22FN3O3/c1-14-8-10-17(11-9-14)25-15(2)20(27)24(21(25)28)13-19(26)23(3)12-16-6-4-5-7-18(16)22/h4-11,15H,12-13H2,1-3H3/t15-/m1/s1. The summed E-state index contributed by atoms with van der Waals surface area (Å²) in [4.78, 5) is 41.5. The van der Waals surface area contributed by atoms with Crippen LogP contribution < -0.4 is 4.90 Å². The number of aryl methyl sites for hydroxylation is 1. The molecule has 1 atom stereocenters. The van der Waals surface area contributed by atoms with Crippen LogP contribution in [-0.2, 0) is 16.1 Å². The van der Waals surface area contributed by atoms with Gasteiger partial charge in [-0.1, -0.05) is 35.9 Å². The van der Waals surface area contributed by atoms with E-state index >= 15 is 0 Å². The van der Waals surface area contributed by atoms with E-state index in [0.717, 1.165) is 10.5 Å². The van der Waals surface area contributed by atoms with E-state index < -0.39 is 29.7 Å². The highest BCUT2D eigenvalue weighted by Crippen LogP contribution is 2.26. The average Bonchev–Trinajstić information content (AvgIpc) is 2.88. The van der Waals surface area contributed by atoms with Gasteiger partial charge in [0.2, 0.25) is 5.91 Å². The molecule has 1 aliphatic rings. The fraction of sp³-hybridized carbons (Fsp3) is 0.286. The zero-order chi connectivity index (χ0) is 20.4. The van der Waals surface area contributed by atoms with E-state index in [2.05, 4.69) is 0 Å². The zero-order valence-corrected chi connectivity index (χ0v) is 16.1. The summed E-state index contributed by atoms with van der Waals surface area (Å²) in [6, 6.07) is 12.2. The molecule has 1 saturated heterocycles. The van der Waals surface area contributed by atoms with Gasteiger partial charge in [0.05, 0.1) is 0 Å². The van der Waals surface area contributed by atoms with Crippen molar-refractivity contribution >= 4 is 23.5 Å². The predicted octanol–water partition coefficient (Wildman–Crippen LogP) is 2.95. The maximum Gasteiger partial charge on any atom is 0.332 e. The van der Waals surface area contributed by atoms with Crippen LogP contribution in [0.3, 0.4) is 0 Å². The highest BCUT2D eigenvalue weighted by molar-refractivity contribution is 6.15. The van der Waals surface area contributed by atoms with Crippen molar-refractivity contribution in [1.29, 1.82) is 0 Å². The van der Waals surface area contributed by atoms with Gasteiger partial charge in [0.25, 0.3) is 5.91 Å². The van der Waals surface area contributed by atoms with Crippen LogP contribution in [0, 0.1) is 12.7 Å². The number of nitrogens with zero attached hydrogens (tertiary/aromatic N) is 3. The molecule has 146 valence electrons. The number of likely N-dealkylation sites (N-methyl/N-ethyl adjacent to an activating group) is 1. The first-order chi connectivity index (χ1) is 13.3. The van der Waals surface area contributed by atoms with Crippen LogP contribution in [0.5, 0.6) is 0 Å². The molecule has 1 fully saturated rings. The smallest absolute Gasteiger partial charge is 0.332 e. The van der Waals surface area contributed by atoms with Crippen LogP contribution >= 0.6 is 0 Å². The molecule has 0 aliphatic carbocycles. The lowest BCUT2D eigenvalue weighted by molar-refractivity contribution is -0.136. The first-order valence-corrected chi connectivity index (χ1v) is 8.98. The average molecular weight is 383 g/mol. The fourth-order valence-corrected chi connectivity index (χ4v) is 3.14. The number of hydrogen-bond acceptors (Lipinski definition) is 3. The second kappa shape index (κ2) is 7.80. The van der Waals surface area contributed by atoms with Crippen molar-refractivity contribution in [3.63, 3.8) is 0 Å². The number of carbonyl (C=O) groups excluding carboxylic acids is 3. The summed E-state index contributed by atoms with van der Waals surface area (Å²) in [6.45, 7) is 3.24. The normalized spacial score (nSPS) is 16.6. The molecule has 2 aromatic carbocycles. The molecule has 2 aromatic rings. The minimum atomic E-state index is -0.695. The molecule has 6 nitrogen and oxygen atoms in total. The van der Waals surface area contributed by atoms with Gasteiger partial charge in [-0.15, -0.1) is 0 Å². The molecular weight excluding hydrogens is 361 g/mol. The Balaban J connectivity index is 1.72. The Morgan fingerprint density at radius 3 is 2.39 bits per heavy atom. The number of benzene rings is 2. The summed E-state index contributed by atoms with van der Waals surface area (Å²) in [5, 5.41) is 0. The molecule has 0 radical (unpaired) electrons. The predicted molar refractivity (Wildman–Crippen MR) is 103 cm³/mol. The van der Waals surface area contributed by atoms with Gasteiger partial charge in [-0.05, 0) is 32.0 Å². The van der Waals surface area contributed by atoms with Crippen LogP contribution in [0.2, 0.25) is 0 Å². The topological polar surface area (TPSA) is 60.9 Å². The number of halogens is 1. The SMILES string of the molecule is Cc1ccc(N2C(=O)N(CC(=O)N(C)Cc3ccccc3F)C(=O)[C@H]2C)cc1. The second-order valence-electron chi connectivity index (χ2n) is 6.93. The summed E-state index contributed by atoms with van der Waals surface area (Å²) in [6.07, 6.45) is 0. The van der Waals surface area contributed by atoms with E-state index in [1.807, 2.05) is 19.1 Å². The first kappa shape index (κ1) is 19.5. The number of amides is 4. The maximum atomic E-state index is 13.8. The van der Waals surface area contributed by atoms with E-state index in [1.54, 1.807) is 37.3 Å². The van der Waals surface area contributed by atoms with Crippen LogP contribution in [0.15, 0.2) is 48.5 Å². The van der Waals surface area contributed by atoms with E-state index in [4.69, 9.17) is 0 Å². The van der Waals surface area contributed by atoms with Gasteiger partial charge in [-0.3, -0.25) is 19.4 Å². The van der Waals surface area contributed by atoms with Gasteiger partial charge in [0, 0.05) is 24.8 Å². The van der Waals surface area contributed by atoms with Gasteiger partial charge in [0.15, 0.2) is 0 Å². The Kier molecular flexibility index (Phi) is 5.44. The number of rotatable bonds is 5. The number of urea groups is 1. The van der Waals surface area contributed by atoms with E-state index in [0.29, 0.717) is 11.3 Å². The number of anilines is 1. The van der Waals surface area contributed by atoms with Crippen molar-refractivity contribution in [3.8, 4) is 0 Å². The molecule has 28 heavy (non-hydrogen) atoms. The summed E-state index contributed by atoms with van der Waals surface area (Å²) in [5.41, 5.74) is 2.01. The van der Waals surface area contributed by atoms with Gasteiger partial charge < -0.3 is 4.90 Å². The van der Waals surface area contributed by atoms with Crippen molar-refractivity contribution in [2.75, 3.05) is 18.5 Å². The lowest BCUT2D eigenvalue weighted by Gasteiger charge is -2.21. The minimum absolute atomic E-state index is 0.0545. The van der Waals surface area contributed by atoms with Gasteiger partial charge in [0.1, 0.15) is 18.4 Å². The fourth-order valence-electron chi connectivity index (χ4n) is 3.14. The van der Waals surface area contributed by atoms with Gasteiger partial charge in [-0.2, -0.15) is 0 Å². The highest BCUT2D eigenvalue weighted by Gasteiger charge is 2.44. The van der Waals surface area contributed by atoms with E-state index in [9.17, 15) is 18.8 Å². The molecule has 4 amide bonds. The first-order valence-electron chi connectivity index (χ1n) is 8.98. The quantitative estimate of drug-likeness (QED) is 0.746. The minimum Gasteiger partial charge on any atom is -0.340 e. The molecule has 0 bridgehead atoms. The Hall–Kier alpha value is -3.22. The molecular formula is C21H22FN3O3. The second-order valence-corrected chi connectivity index (χ2v) is 6.93. The maximum absolute atomic E-state index is 13.8. The summed E-state index contributed by atoms with van der Waals surface area (Å²) >= 11 is 0. The zero-order valence-electron chi connectivity index (χ0n) is 16.1. The van der Waals surface area contributed by atoms with Crippen molar-refractivity contribution < 1.29 is 18.8 Å². The molecule has 1 heterocycles. The lowest BCUT2D eigenvalue weighted by Crippen LogP contribution is -2.42. The van der Waals surface area contributed by atoms with Crippen LogP contribution in [0.4, 0.5) is 14.9 Å². The summed E-state index contributed by atoms with van der Waals surface area (Å²) < 4.78 is 13.8. The monoisotopic (exact) mass is 383 g/mol. The van der Waals surface area contributed by atoms with Crippen LogP contribution in [0.1, 0.15) is 18.1 Å². The summed E-state index contributed by atoms with van der Waals surface area (Å²) in [7, 11) is 1.51. The Morgan fingerprint density at radius 1 is 1.11 bits per heavy atom. The molecule has 0 saturated carbocycles. The Bertz CT molecular complexity index is 913. The third-order valence-corrected chi connectivity index (χ3v) is 4.84. The van der Waals surface area contributed by atoms with Crippen molar-refractivity contribution in [2.45, 2.75) is 26.4 Å². The third kappa shape index (κ3) is 3.74. The Morgan fingerprint density at radius 2 is 1.75 bits per heavy atom. The molecule has 0 aromatic heterocycles. The van der Waals surface area contributed by atoms with Gasteiger partial charge >= 0.3 is 6.03 Å². The lowest BCUT2D eigenvalue weighted by atomic mass is 10.2. The molecule has 3 rings (SSSR count). The highest BCUT2D eigenvalue weighted by atomic mass is 19.1. The molecule has 1 aliphatic heterocycles. The summed E-state index contributed by atoms with van der Waals surface area (Å²) in [5.74, 6) is -1.28. The molecule has 7 heteroatoms. The molecule has 0 spiro atoms. The number of hydrogen-bond donors (Lipinski definition) is 0. The Labute approximate surface area is 163 Å². The van der Waals surface area contributed by atoms with Crippen LogP contribution in [0.25, 0.3) is 0 Å². The van der Waals surface area contributed by atoms with Crippen molar-refractivity contribution in [2.24, 2.45) is 0 Å². The number of carbonyl (C=O) groups is 3. The van der Waals surface area contributed by atoms with Crippen molar-refractivity contribution in [1.82, 2.24) is 9.80 Å². The van der Waals surface area contributed by atoms with Crippen molar-refractivity contribution in [3.05, 3.63) is 65.5 Å². The number of imide groups is 1. The molecule has 0 unspecified atom stereocenters. The van der Waals surface area contributed by atoms with Gasteiger partial charge in [-0.25, -0.2) is 9.18 Å². The van der Waals surface area contributed by atoms with E-state index in [-0.39, 0.29) is 13.1 Å². The largest absolute Gasteiger partial charge is 0.340 e. The van der Waals surface area contributed by atoms with Crippen LogP contribution in [-0.4, -0.2) is 47.3 Å². The molecule has 0 N–H and O–H groups in total.